The van der Waals surface area contributed by atoms with Crippen LogP contribution in [0.2, 0.25) is 0 Å². The third-order valence-electron chi connectivity index (χ3n) is 3.34. The largest absolute Gasteiger partial charge is 0.103 e. The van der Waals surface area contributed by atoms with E-state index in [0.717, 1.165) is 11.8 Å². The topological polar surface area (TPSA) is 0 Å². The zero-order valence-electron chi connectivity index (χ0n) is 11.6. The molecule has 92 valence electrons. The Labute approximate surface area is 102 Å². The van der Waals surface area contributed by atoms with Crippen molar-refractivity contribution in [3.63, 3.8) is 0 Å². The minimum atomic E-state index is 0.433. The molecule has 1 aliphatic carbocycles. The van der Waals surface area contributed by atoms with E-state index in [-0.39, 0.29) is 0 Å². The summed E-state index contributed by atoms with van der Waals surface area (Å²) in [5.41, 5.74) is 2.12. The lowest BCUT2D eigenvalue weighted by atomic mass is 9.73. The SMILES string of the molecule is C=CC1CC(C=C(CCC)CC(C)(C)C)C1. The first kappa shape index (κ1) is 13.5. The third-order valence-corrected chi connectivity index (χ3v) is 3.34. The highest BCUT2D eigenvalue weighted by Crippen LogP contribution is 2.38. The number of hydrogen-bond donors (Lipinski definition) is 0. The average Bonchev–Trinajstić information content (AvgIpc) is 2.08. The number of allylic oxidation sites excluding steroid dienone is 3. The van der Waals surface area contributed by atoms with Crippen molar-refractivity contribution in [2.24, 2.45) is 17.3 Å². The lowest BCUT2D eigenvalue weighted by Crippen LogP contribution is -2.20. The molecule has 0 aromatic rings. The second-order valence-corrected chi connectivity index (χ2v) is 6.54. The van der Waals surface area contributed by atoms with Gasteiger partial charge in [0.15, 0.2) is 0 Å². The van der Waals surface area contributed by atoms with Gasteiger partial charge in [-0.25, -0.2) is 0 Å². The molecule has 16 heavy (non-hydrogen) atoms. The van der Waals surface area contributed by atoms with Crippen LogP contribution < -0.4 is 0 Å². The molecule has 1 rings (SSSR count). The standard InChI is InChI=1S/C16H28/c1-6-8-14(12-16(3,4)5)11-15-9-13(7-2)10-15/h7,11,13,15H,2,6,8-10,12H2,1,3-5H3. The second-order valence-electron chi connectivity index (χ2n) is 6.54. The van der Waals surface area contributed by atoms with Crippen LogP contribution in [0.4, 0.5) is 0 Å². The van der Waals surface area contributed by atoms with Crippen LogP contribution >= 0.6 is 0 Å². The third kappa shape index (κ3) is 4.55. The maximum Gasteiger partial charge on any atom is -0.0220 e. The predicted octanol–water partition coefficient (Wildman–Crippen LogP) is 5.36. The molecule has 0 aliphatic heterocycles. The molecule has 0 saturated heterocycles. The highest BCUT2D eigenvalue weighted by molar-refractivity contribution is 5.10. The molecule has 1 saturated carbocycles. The Morgan fingerprint density at radius 1 is 1.25 bits per heavy atom. The smallest absolute Gasteiger partial charge is 0.0220 e. The molecular weight excluding hydrogens is 192 g/mol. The fraction of sp³-hybridized carbons (Fsp3) is 0.750. The van der Waals surface area contributed by atoms with Gasteiger partial charge >= 0.3 is 0 Å². The molecule has 0 nitrogen and oxygen atoms in total. The van der Waals surface area contributed by atoms with E-state index in [4.69, 9.17) is 0 Å². The van der Waals surface area contributed by atoms with Crippen LogP contribution in [0.15, 0.2) is 24.3 Å². The van der Waals surface area contributed by atoms with Gasteiger partial charge in [0.25, 0.3) is 0 Å². The van der Waals surface area contributed by atoms with E-state index in [1.807, 2.05) is 0 Å². The Morgan fingerprint density at radius 2 is 1.88 bits per heavy atom. The van der Waals surface area contributed by atoms with E-state index in [0.29, 0.717) is 5.41 Å². The van der Waals surface area contributed by atoms with Gasteiger partial charge in [-0.05, 0) is 42.9 Å². The molecule has 0 atom stereocenters. The summed E-state index contributed by atoms with van der Waals surface area (Å²) >= 11 is 0. The Balaban J connectivity index is 2.50. The Morgan fingerprint density at radius 3 is 2.31 bits per heavy atom. The molecule has 0 heteroatoms. The van der Waals surface area contributed by atoms with E-state index in [9.17, 15) is 0 Å². The first-order valence-corrected chi connectivity index (χ1v) is 6.76. The summed E-state index contributed by atoms with van der Waals surface area (Å²) in [5.74, 6) is 1.63. The van der Waals surface area contributed by atoms with E-state index < -0.39 is 0 Å². The van der Waals surface area contributed by atoms with Crippen molar-refractivity contribution in [3.8, 4) is 0 Å². The molecular formula is C16H28. The van der Waals surface area contributed by atoms with E-state index >= 15 is 0 Å². The molecule has 0 bridgehead atoms. The molecule has 0 spiro atoms. The van der Waals surface area contributed by atoms with Crippen molar-refractivity contribution in [2.75, 3.05) is 0 Å². The first-order chi connectivity index (χ1) is 7.44. The van der Waals surface area contributed by atoms with Gasteiger partial charge in [0.2, 0.25) is 0 Å². The fourth-order valence-corrected chi connectivity index (χ4v) is 2.60. The van der Waals surface area contributed by atoms with Crippen LogP contribution in [-0.4, -0.2) is 0 Å². The van der Waals surface area contributed by atoms with Crippen molar-refractivity contribution in [1.29, 1.82) is 0 Å². The van der Waals surface area contributed by atoms with Crippen LogP contribution in [0, 0.1) is 17.3 Å². The maximum absolute atomic E-state index is 3.87. The van der Waals surface area contributed by atoms with Crippen LogP contribution in [-0.2, 0) is 0 Å². The molecule has 0 radical (unpaired) electrons. The van der Waals surface area contributed by atoms with Crippen LogP contribution in [0.5, 0.6) is 0 Å². The quantitative estimate of drug-likeness (QED) is 0.547. The minimum absolute atomic E-state index is 0.433. The first-order valence-electron chi connectivity index (χ1n) is 6.76. The highest BCUT2D eigenvalue weighted by Gasteiger charge is 2.25. The van der Waals surface area contributed by atoms with Gasteiger partial charge in [-0.15, -0.1) is 6.58 Å². The van der Waals surface area contributed by atoms with E-state index in [1.165, 1.54) is 32.1 Å². The Hall–Kier alpha value is -0.520. The predicted molar refractivity (Wildman–Crippen MR) is 73.5 cm³/mol. The van der Waals surface area contributed by atoms with Gasteiger partial charge in [-0.3, -0.25) is 0 Å². The summed E-state index contributed by atoms with van der Waals surface area (Å²) in [4.78, 5) is 0. The van der Waals surface area contributed by atoms with Crippen molar-refractivity contribution in [1.82, 2.24) is 0 Å². The molecule has 0 aromatic heterocycles. The summed E-state index contributed by atoms with van der Waals surface area (Å²) in [7, 11) is 0. The second kappa shape index (κ2) is 5.70. The summed E-state index contributed by atoms with van der Waals surface area (Å²) in [6.07, 6.45) is 11.2. The van der Waals surface area contributed by atoms with Gasteiger partial charge in [0.05, 0.1) is 0 Å². The molecule has 0 heterocycles. The molecule has 0 aromatic carbocycles. The zero-order chi connectivity index (χ0) is 12.2. The number of rotatable bonds is 5. The van der Waals surface area contributed by atoms with Gasteiger partial charge < -0.3 is 0 Å². The van der Waals surface area contributed by atoms with Gasteiger partial charge in [-0.1, -0.05) is 51.8 Å². The summed E-state index contributed by atoms with van der Waals surface area (Å²) in [6.45, 7) is 13.2. The lowest BCUT2D eigenvalue weighted by Gasteiger charge is -2.32. The molecule has 1 aliphatic rings. The molecule has 0 N–H and O–H groups in total. The average molecular weight is 220 g/mol. The zero-order valence-corrected chi connectivity index (χ0v) is 11.6. The van der Waals surface area contributed by atoms with E-state index in [2.05, 4.69) is 46.4 Å². The van der Waals surface area contributed by atoms with Crippen LogP contribution in [0.25, 0.3) is 0 Å². The summed E-state index contributed by atoms with van der Waals surface area (Å²) < 4.78 is 0. The van der Waals surface area contributed by atoms with Crippen molar-refractivity contribution >= 4 is 0 Å². The molecule has 1 fully saturated rings. The van der Waals surface area contributed by atoms with E-state index in [1.54, 1.807) is 5.57 Å². The van der Waals surface area contributed by atoms with Crippen molar-refractivity contribution < 1.29 is 0 Å². The normalized spacial score (nSPS) is 26.4. The molecule has 0 amide bonds. The van der Waals surface area contributed by atoms with Gasteiger partial charge in [-0.2, -0.15) is 0 Å². The van der Waals surface area contributed by atoms with Gasteiger partial charge in [0, 0.05) is 0 Å². The van der Waals surface area contributed by atoms with Crippen molar-refractivity contribution in [3.05, 3.63) is 24.3 Å². The Bertz CT molecular complexity index is 246. The summed E-state index contributed by atoms with van der Waals surface area (Å²) in [5, 5.41) is 0. The monoisotopic (exact) mass is 220 g/mol. The van der Waals surface area contributed by atoms with Crippen LogP contribution in [0.1, 0.15) is 59.8 Å². The van der Waals surface area contributed by atoms with Crippen LogP contribution in [0.3, 0.4) is 0 Å². The summed E-state index contributed by atoms with van der Waals surface area (Å²) in [6, 6.07) is 0. The lowest BCUT2D eigenvalue weighted by molar-refractivity contribution is 0.291. The van der Waals surface area contributed by atoms with Gasteiger partial charge in [0.1, 0.15) is 0 Å². The van der Waals surface area contributed by atoms with Crippen molar-refractivity contribution in [2.45, 2.75) is 59.8 Å². The molecule has 0 unspecified atom stereocenters. The fourth-order valence-electron chi connectivity index (χ4n) is 2.60. The Kier molecular flexibility index (Phi) is 4.83. The minimum Gasteiger partial charge on any atom is -0.103 e. The number of hydrogen-bond acceptors (Lipinski definition) is 0. The highest BCUT2D eigenvalue weighted by atomic mass is 14.3. The maximum atomic E-state index is 3.87.